The van der Waals surface area contributed by atoms with Crippen LogP contribution in [0.25, 0.3) is 0 Å². The second-order valence-electron chi connectivity index (χ2n) is 7.44. The number of rotatable bonds is 6. The summed E-state index contributed by atoms with van der Waals surface area (Å²) in [6.45, 7) is 1.72. The predicted octanol–water partition coefficient (Wildman–Crippen LogP) is 4.59. The van der Waals surface area contributed by atoms with Crippen molar-refractivity contribution in [3.05, 3.63) is 101 Å². The van der Waals surface area contributed by atoms with Crippen LogP contribution in [0.1, 0.15) is 29.5 Å². The average Bonchev–Trinajstić information content (AvgIpc) is 2.83. The molecule has 1 atom stereocenters. The maximum atomic E-state index is 13.0. The molecule has 1 aliphatic heterocycles. The zero-order chi connectivity index (χ0) is 23.4. The highest BCUT2D eigenvalue weighted by Crippen LogP contribution is 2.43. The number of hydrogen-bond acceptors (Lipinski definition) is 6. The third-order valence-electron chi connectivity index (χ3n) is 5.31. The highest BCUT2D eigenvalue weighted by Gasteiger charge is 2.31. The molecule has 3 aromatic rings. The molecule has 0 radical (unpaired) electrons. The van der Waals surface area contributed by atoms with E-state index in [4.69, 9.17) is 19.9 Å². The van der Waals surface area contributed by atoms with Gasteiger partial charge in [-0.1, -0.05) is 37.3 Å². The van der Waals surface area contributed by atoms with Crippen molar-refractivity contribution >= 4 is 5.97 Å². The molecule has 7 heteroatoms. The quantitative estimate of drug-likeness (QED) is 0.441. The van der Waals surface area contributed by atoms with Crippen LogP contribution in [0, 0.1) is 17.1 Å². The van der Waals surface area contributed by atoms with Crippen LogP contribution in [-0.4, -0.2) is 12.6 Å². The van der Waals surface area contributed by atoms with Crippen molar-refractivity contribution in [2.24, 2.45) is 5.73 Å². The molecule has 0 spiro atoms. The van der Waals surface area contributed by atoms with Crippen LogP contribution >= 0.6 is 0 Å². The van der Waals surface area contributed by atoms with Crippen LogP contribution in [0.4, 0.5) is 4.39 Å². The number of carbonyl (C=O) groups excluding carboxylic acids is 1. The van der Waals surface area contributed by atoms with Gasteiger partial charge in [-0.2, -0.15) is 5.26 Å². The van der Waals surface area contributed by atoms with Gasteiger partial charge in [0.2, 0.25) is 5.88 Å². The number of ether oxygens (including phenoxy) is 3. The van der Waals surface area contributed by atoms with E-state index < -0.39 is 17.7 Å². The summed E-state index contributed by atoms with van der Waals surface area (Å²) < 4.78 is 29.3. The molecule has 0 fully saturated rings. The van der Waals surface area contributed by atoms with Crippen molar-refractivity contribution in [2.45, 2.75) is 19.3 Å². The van der Waals surface area contributed by atoms with Crippen LogP contribution < -0.4 is 19.9 Å². The van der Waals surface area contributed by atoms with Gasteiger partial charge < -0.3 is 19.9 Å². The number of aryl methyl sites for hydroxylation is 1. The summed E-state index contributed by atoms with van der Waals surface area (Å²) in [6.07, 6.45) is 0.910. The highest BCUT2D eigenvalue weighted by molar-refractivity contribution is 5.74. The van der Waals surface area contributed by atoms with E-state index in [2.05, 4.69) is 13.0 Å². The largest absolute Gasteiger partial charge is 0.482 e. The minimum absolute atomic E-state index is 0.0117. The van der Waals surface area contributed by atoms with Crippen LogP contribution in [0.5, 0.6) is 17.2 Å². The summed E-state index contributed by atoms with van der Waals surface area (Å²) in [5.41, 5.74) is 9.21. The summed E-state index contributed by atoms with van der Waals surface area (Å²) in [5, 5.41) is 9.69. The van der Waals surface area contributed by atoms with Crippen LogP contribution in [-0.2, 0) is 11.2 Å². The Kier molecular flexibility index (Phi) is 6.27. The molecule has 4 rings (SSSR count). The lowest BCUT2D eigenvalue weighted by Gasteiger charge is -2.26. The summed E-state index contributed by atoms with van der Waals surface area (Å²) in [4.78, 5) is 12.2. The number of nitriles is 1. The van der Waals surface area contributed by atoms with Crippen molar-refractivity contribution in [3.8, 4) is 23.3 Å². The van der Waals surface area contributed by atoms with Gasteiger partial charge in [-0.15, -0.1) is 0 Å². The number of benzene rings is 3. The molecule has 0 saturated carbocycles. The molecule has 0 aromatic heterocycles. The lowest BCUT2D eigenvalue weighted by molar-refractivity contribution is -0.136. The fourth-order valence-electron chi connectivity index (χ4n) is 3.62. The van der Waals surface area contributed by atoms with Gasteiger partial charge in [0.15, 0.2) is 6.61 Å². The number of hydrogen-bond donors (Lipinski definition) is 1. The first kappa shape index (κ1) is 21.9. The Labute approximate surface area is 190 Å². The second-order valence-corrected chi connectivity index (χ2v) is 7.44. The Hall–Kier alpha value is -4.31. The first-order valence-electron chi connectivity index (χ1n) is 10.4. The van der Waals surface area contributed by atoms with Crippen molar-refractivity contribution in [3.63, 3.8) is 0 Å². The fourth-order valence-corrected chi connectivity index (χ4v) is 3.62. The maximum Gasteiger partial charge on any atom is 0.349 e. The number of fused-ring (bicyclic) bond motifs is 1. The lowest BCUT2D eigenvalue weighted by atomic mass is 9.83. The summed E-state index contributed by atoms with van der Waals surface area (Å²) >= 11 is 0. The first-order valence-corrected chi connectivity index (χ1v) is 10.4. The van der Waals surface area contributed by atoms with E-state index >= 15 is 0 Å². The Morgan fingerprint density at radius 2 is 1.79 bits per heavy atom. The van der Waals surface area contributed by atoms with E-state index in [1.54, 1.807) is 18.2 Å². The van der Waals surface area contributed by atoms with Gasteiger partial charge in [-0.3, -0.25) is 0 Å². The molecule has 6 nitrogen and oxygen atoms in total. The van der Waals surface area contributed by atoms with E-state index in [1.165, 1.54) is 29.8 Å². The van der Waals surface area contributed by atoms with Crippen molar-refractivity contribution in [2.75, 3.05) is 6.61 Å². The molecule has 1 aliphatic rings. The normalized spacial score (nSPS) is 14.6. The SMILES string of the molecule is CCc1ccc(C2C(C#N)=C(N)Oc3cc(OC(=O)COc4ccc(F)cc4)ccc32)cc1. The molecular weight excluding hydrogens is 423 g/mol. The number of esters is 1. The maximum absolute atomic E-state index is 13.0. The number of nitrogens with zero attached hydrogens (tertiary/aromatic N) is 1. The molecule has 2 N–H and O–H groups in total. The first-order chi connectivity index (χ1) is 16.0. The summed E-state index contributed by atoms with van der Waals surface area (Å²) in [6, 6.07) is 20.4. The molecule has 33 heavy (non-hydrogen) atoms. The van der Waals surface area contributed by atoms with E-state index in [-0.39, 0.29) is 18.2 Å². The third-order valence-corrected chi connectivity index (χ3v) is 5.31. The molecular formula is C26H21FN2O4. The van der Waals surface area contributed by atoms with E-state index in [0.29, 0.717) is 17.1 Å². The Balaban J connectivity index is 1.53. The van der Waals surface area contributed by atoms with E-state index in [0.717, 1.165) is 17.5 Å². The number of allylic oxidation sites excluding steroid dienone is 1. The van der Waals surface area contributed by atoms with Gasteiger partial charge in [0.1, 0.15) is 34.7 Å². The molecule has 3 aromatic carbocycles. The van der Waals surface area contributed by atoms with Gasteiger partial charge in [-0.25, -0.2) is 9.18 Å². The Bertz CT molecular complexity index is 1240. The summed E-state index contributed by atoms with van der Waals surface area (Å²) in [7, 11) is 0. The van der Waals surface area contributed by atoms with Gasteiger partial charge in [-0.05, 0) is 47.9 Å². The molecule has 1 heterocycles. The zero-order valence-corrected chi connectivity index (χ0v) is 17.9. The van der Waals surface area contributed by atoms with Crippen LogP contribution in [0.2, 0.25) is 0 Å². The molecule has 0 amide bonds. The van der Waals surface area contributed by atoms with Gasteiger partial charge >= 0.3 is 5.97 Å². The van der Waals surface area contributed by atoms with Crippen LogP contribution in [0.3, 0.4) is 0 Å². The highest BCUT2D eigenvalue weighted by atomic mass is 19.1. The minimum atomic E-state index is -0.636. The van der Waals surface area contributed by atoms with Crippen molar-refractivity contribution in [1.29, 1.82) is 5.26 Å². The van der Waals surface area contributed by atoms with Crippen molar-refractivity contribution in [1.82, 2.24) is 0 Å². The van der Waals surface area contributed by atoms with Crippen LogP contribution in [0.15, 0.2) is 78.2 Å². The molecule has 0 bridgehead atoms. The van der Waals surface area contributed by atoms with Gasteiger partial charge in [0, 0.05) is 11.6 Å². The lowest BCUT2D eigenvalue weighted by Crippen LogP contribution is -2.21. The van der Waals surface area contributed by atoms with E-state index in [1.807, 2.05) is 24.3 Å². The zero-order valence-electron chi connectivity index (χ0n) is 17.9. The summed E-state index contributed by atoms with van der Waals surface area (Å²) in [5.74, 6) is -0.417. The van der Waals surface area contributed by atoms with Gasteiger partial charge in [0.05, 0.1) is 5.92 Å². The number of nitrogens with two attached hydrogens (primary N) is 1. The predicted molar refractivity (Wildman–Crippen MR) is 119 cm³/mol. The minimum Gasteiger partial charge on any atom is -0.482 e. The molecule has 0 saturated heterocycles. The standard InChI is InChI=1S/C26H21FN2O4/c1-2-16-3-5-17(6-4-16)25-21-12-11-20(13-23(21)33-26(29)22(25)14-28)32-24(30)15-31-19-9-7-18(27)8-10-19/h3-13,25H,2,15,29H2,1H3. The smallest absolute Gasteiger partial charge is 0.349 e. The second kappa shape index (κ2) is 9.45. The number of carbonyl (C=O) groups is 1. The third kappa shape index (κ3) is 4.80. The van der Waals surface area contributed by atoms with Gasteiger partial charge in [0.25, 0.3) is 0 Å². The Morgan fingerprint density at radius 1 is 1.09 bits per heavy atom. The van der Waals surface area contributed by atoms with Crippen molar-refractivity contribution < 1.29 is 23.4 Å². The monoisotopic (exact) mass is 444 g/mol. The van der Waals surface area contributed by atoms with E-state index in [9.17, 15) is 14.4 Å². The average molecular weight is 444 g/mol. The topological polar surface area (TPSA) is 94.6 Å². The Morgan fingerprint density at radius 3 is 2.45 bits per heavy atom. The fraction of sp³-hybridized carbons (Fsp3) is 0.154. The molecule has 166 valence electrons. The number of halogens is 1. The molecule has 0 aliphatic carbocycles. The molecule has 1 unspecified atom stereocenters.